The zero-order valence-electron chi connectivity index (χ0n) is 11.0. The van der Waals surface area contributed by atoms with Crippen LogP contribution in [0.25, 0.3) is 0 Å². The van der Waals surface area contributed by atoms with Gasteiger partial charge in [0.15, 0.2) is 9.84 Å². The summed E-state index contributed by atoms with van der Waals surface area (Å²) in [7, 11) is -2.90. The summed E-state index contributed by atoms with van der Waals surface area (Å²) in [5.41, 5.74) is 0. The number of carboxylic acid groups (broad SMARTS) is 1. The Kier molecular flexibility index (Phi) is 3.27. The summed E-state index contributed by atoms with van der Waals surface area (Å²) in [6.45, 7) is 0.395. The minimum Gasteiger partial charge on any atom is -0.481 e. The fourth-order valence-corrected chi connectivity index (χ4v) is 4.89. The van der Waals surface area contributed by atoms with E-state index in [0.29, 0.717) is 32.2 Å². The molecule has 7 nitrogen and oxygen atoms in total. The van der Waals surface area contributed by atoms with Gasteiger partial charge in [0.25, 0.3) is 0 Å². The summed E-state index contributed by atoms with van der Waals surface area (Å²) in [6.07, 6.45) is 2.43. The third-order valence-electron chi connectivity index (χ3n) is 4.17. The molecule has 0 radical (unpaired) electrons. The van der Waals surface area contributed by atoms with E-state index in [2.05, 4.69) is 10.2 Å². The SMILES string of the molecule is O=C(O)C1CCc2nnc(CC3CCS(=O)(=O)C3)n2C1. The summed E-state index contributed by atoms with van der Waals surface area (Å²) in [4.78, 5) is 11.1. The van der Waals surface area contributed by atoms with Gasteiger partial charge in [-0.25, -0.2) is 8.42 Å². The van der Waals surface area contributed by atoms with Crippen molar-refractivity contribution in [3.05, 3.63) is 11.6 Å². The number of carbonyl (C=O) groups is 1. The fraction of sp³-hybridized carbons (Fsp3) is 0.750. The molecule has 2 unspecified atom stereocenters. The van der Waals surface area contributed by atoms with Gasteiger partial charge in [-0.2, -0.15) is 0 Å². The lowest BCUT2D eigenvalue weighted by molar-refractivity contribution is -0.142. The molecule has 0 aromatic carbocycles. The Hall–Kier alpha value is -1.44. The van der Waals surface area contributed by atoms with Crippen LogP contribution in [0.2, 0.25) is 0 Å². The van der Waals surface area contributed by atoms with Gasteiger partial charge in [-0.05, 0) is 18.8 Å². The zero-order valence-corrected chi connectivity index (χ0v) is 11.8. The van der Waals surface area contributed by atoms with Crippen LogP contribution in [0.15, 0.2) is 0 Å². The lowest BCUT2D eigenvalue weighted by Crippen LogP contribution is -2.28. The van der Waals surface area contributed by atoms with E-state index in [4.69, 9.17) is 5.11 Å². The molecule has 2 aliphatic rings. The molecule has 0 aliphatic carbocycles. The van der Waals surface area contributed by atoms with Gasteiger partial charge in [-0.1, -0.05) is 0 Å². The summed E-state index contributed by atoms with van der Waals surface area (Å²) in [5, 5.41) is 17.3. The van der Waals surface area contributed by atoms with Crippen molar-refractivity contribution in [1.29, 1.82) is 0 Å². The van der Waals surface area contributed by atoms with E-state index in [9.17, 15) is 13.2 Å². The molecule has 0 saturated carbocycles. The minimum atomic E-state index is -2.90. The van der Waals surface area contributed by atoms with Crippen LogP contribution in [0.4, 0.5) is 0 Å². The van der Waals surface area contributed by atoms with Gasteiger partial charge in [0, 0.05) is 19.4 Å². The standard InChI is InChI=1S/C12H17N3O4S/c16-12(17)9-1-2-10-13-14-11(15(10)6-9)5-8-3-4-20(18,19)7-8/h8-9H,1-7H2,(H,16,17). The highest BCUT2D eigenvalue weighted by Crippen LogP contribution is 2.25. The van der Waals surface area contributed by atoms with Gasteiger partial charge in [0.05, 0.1) is 17.4 Å². The highest BCUT2D eigenvalue weighted by molar-refractivity contribution is 7.91. The van der Waals surface area contributed by atoms with E-state index < -0.39 is 21.7 Å². The average molecular weight is 299 g/mol. The Bertz CT molecular complexity index is 637. The highest BCUT2D eigenvalue weighted by Gasteiger charge is 2.32. The Balaban J connectivity index is 1.76. The van der Waals surface area contributed by atoms with Crippen molar-refractivity contribution in [2.45, 2.75) is 32.2 Å². The first-order chi connectivity index (χ1) is 9.44. The maximum Gasteiger partial charge on any atom is 0.308 e. The quantitative estimate of drug-likeness (QED) is 0.836. The van der Waals surface area contributed by atoms with Gasteiger partial charge >= 0.3 is 5.97 Å². The first kappa shape index (κ1) is 13.5. The van der Waals surface area contributed by atoms with E-state index >= 15 is 0 Å². The molecule has 2 atom stereocenters. The molecule has 0 spiro atoms. The van der Waals surface area contributed by atoms with Gasteiger partial charge in [-0.3, -0.25) is 4.79 Å². The van der Waals surface area contributed by atoms with E-state index in [1.165, 1.54) is 0 Å². The predicted octanol–water partition coefficient (Wildman–Crippen LogP) is -0.0977. The van der Waals surface area contributed by atoms with Crippen LogP contribution in [-0.2, 0) is 34.0 Å². The van der Waals surface area contributed by atoms with Crippen molar-refractivity contribution in [3.63, 3.8) is 0 Å². The van der Waals surface area contributed by atoms with Gasteiger partial charge in [0.1, 0.15) is 11.6 Å². The Morgan fingerprint density at radius 2 is 2.15 bits per heavy atom. The van der Waals surface area contributed by atoms with E-state index in [0.717, 1.165) is 11.6 Å². The second-order valence-corrected chi connectivity index (χ2v) is 7.92. The molecule has 1 aromatic heterocycles. The van der Waals surface area contributed by atoms with Gasteiger partial charge in [-0.15, -0.1) is 10.2 Å². The van der Waals surface area contributed by atoms with E-state index in [-0.39, 0.29) is 17.4 Å². The second kappa shape index (κ2) is 4.83. The lowest BCUT2D eigenvalue weighted by Gasteiger charge is -2.21. The highest BCUT2D eigenvalue weighted by atomic mass is 32.2. The van der Waals surface area contributed by atoms with Crippen LogP contribution < -0.4 is 0 Å². The number of aromatic nitrogens is 3. The number of sulfone groups is 1. The minimum absolute atomic E-state index is 0.0819. The smallest absolute Gasteiger partial charge is 0.308 e. The second-order valence-electron chi connectivity index (χ2n) is 5.69. The molecule has 8 heteroatoms. The molecular weight excluding hydrogens is 282 g/mol. The van der Waals surface area contributed by atoms with E-state index in [1.807, 2.05) is 4.57 Å². The van der Waals surface area contributed by atoms with Gasteiger partial charge < -0.3 is 9.67 Å². The molecular formula is C12H17N3O4S. The summed E-state index contributed by atoms with van der Waals surface area (Å²) in [5.74, 6) is 0.891. The number of hydrogen-bond acceptors (Lipinski definition) is 5. The monoisotopic (exact) mass is 299 g/mol. The van der Waals surface area contributed by atoms with Crippen molar-refractivity contribution in [3.8, 4) is 0 Å². The van der Waals surface area contributed by atoms with Crippen molar-refractivity contribution in [2.24, 2.45) is 11.8 Å². The number of aliphatic carboxylic acids is 1. The molecule has 0 amide bonds. The Labute approximate surface area is 116 Å². The van der Waals surface area contributed by atoms with E-state index in [1.54, 1.807) is 0 Å². The average Bonchev–Trinajstić information content (AvgIpc) is 2.93. The van der Waals surface area contributed by atoms with Crippen molar-refractivity contribution < 1.29 is 18.3 Å². The van der Waals surface area contributed by atoms with Crippen LogP contribution in [0.5, 0.6) is 0 Å². The molecule has 2 aliphatic heterocycles. The first-order valence-corrected chi connectivity index (χ1v) is 8.61. The lowest BCUT2D eigenvalue weighted by atomic mass is 9.99. The molecule has 3 heterocycles. The summed E-state index contributed by atoms with van der Waals surface area (Å²) in [6, 6.07) is 0. The molecule has 1 fully saturated rings. The van der Waals surface area contributed by atoms with Crippen LogP contribution >= 0.6 is 0 Å². The number of aryl methyl sites for hydroxylation is 1. The van der Waals surface area contributed by atoms with Crippen LogP contribution in [0, 0.1) is 11.8 Å². The van der Waals surface area contributed by atoms with Crippen LogP contribution in [0.1, 0.15) is 24.5 Å². The van der Waals surface area contributed by atoms with Crippen LogP contribution in [-0.4, -0.2) is 45.8 Å². The number of hydrogen-bond donors (Lipinski definition) is 1. The molecule has 1 aromatic rings. The zero-order chi connectivity index (χ0) is 14.3. The third kappa shape index (κ3) is 2.56. The van der Waals surface area contributed by atoms with Crippen LogP contribution in [0.3, 0.4) is 0 Å². The predicted molar refractivity (Wildman–Crippen MR) is 69.9 cm³/mol. The van der Waals surface area contributed by atoms with Crippen molar-refractivity contribution in [2.75, 3.05) is 11.5 Å². The van der Waals surface area contributed by atoms with Gasteiger partial charge in [0.2, 0.25) is 0 Å². The molecule has 0 bridgehead atoms. The normalized spacial score (nSPS) is 28.2. The maximum atomic E-state index is 11.5. The summed E-state index contributed by atoms with van der Waals surface area (Å²) < 4.78 is 24.8. The number of fused-ring (bicyclic) bond motifs is 1. The Morgan fingerprint density at radius 1 is 1.35 bits per heavy atom. The molecule has 1 N–H and O–H groups in total. The summed E-state index contributed by atoms with van der Waals surface area (Å²) >= 11 is 0. The topological polar surface area (TPSA) is 102 Å². The molecule has 110 valence electrons. The first-order valence-electron chi connectivity index (χ1n) is 6.79. The number of nitrogens with zero attached hydrogens (tertiary/aromatic N) is 3. The van der Waals surface area contributed by atoms with Crippen molar-refractivity contribution >= 4 is 15.8 Å². The fourth-order valence-electron chi connectivity index (χ4n) is 3.03. The Morgan fingerprint density at radius 3 is 2.80 bits per heavy atom. The third-order valence-corrected chi connectivity index (χ3v) is 6.01. The largest absolute Gasteiger partial charge is 0.481 e. The molecule has 1 saturated heterocycles. The molecule has 3 rings (SSSR count). The molecule has 20 heavy (non-hydrogen) atoms. The maximum absolute atomic E-state index is 11.5. The number of carboxylic acids is 1. The van der Waals surface area contributed by atoms with Crippen molar-refractivity contribution in [1.82, 2.24) is 14.8 Å². The number of rotatable bonds is 3.